The molecular formula is C11H17BrIN5. The standard InChI is InChI=1S/C11H17BrIN5/c1-16-18-9(11(13)15)5-7(6-14)10(12)17-8-3-2-4-8/h6,8,14-17H,2-5H2,1H3/b10-7-,14-6?,15-11?,18-9-. The van der Waals surface area contributed by atoms with Gasteiger partial charge in [-0.05, 0) is 57.8 Å². The number of hydrogen-bond acceptors (Lipinski definition) is 5. The van der Waals surface area contributed by atoms with E-state index in [4.69, 9.17) is 10.8 Å². The Morgan fingerprint density at radius 1 is 1.56 bits per heavy atom. The first-order valence-corrected chi connectivity index (χ1v) is 7.59. The van der Waals surface area contributed by atoms with Crippen molar-refractivity contribution in [1.29, 1.82) is 10.8 Å². The van der Waals surface area contributed by atoms with E-state index in [2.05, 4.69) is 31.8 Å². The lowest BCUT2D eigenvalue weighted by Crippen LogP contribution is -2.33. The number of nitrogens with one attached hydrogen (secondary N) is 4. The van der Waals surface area contributed by atoms with Crippen LogP contribution in [-0.4, -0.2) is 28.7 Å². The van der Waals surface area contributed by atoms with E-state index in [0.717, 1.165) is 10.2 Å². The summed E-state index contributed by atoms with van der Waals surface area (Å²) in [6.07, 6.45) is 5.40. The molecule has 0 aromatic heterocycles. The lowest BCUT2D eigenvalue weighted by molar-refractivity contribution is 0.370. The van der Waals surface area contributed by atoms with Gasteiger partial charge < -0.3 is 16.2 Å². The van der Waals surface area contributed by atoms with Gasteiger partial charge in [0.25, 0.3) is 0 Å². The van der Waals surface area contributed by atoms with Crippen molar-refractivity contribution in [2.75, 3.05) is 7.05 Å². The smallest absolute Gasteiger partial charge is 0.116 e. The number of hydrazone groups is 1. The monoisotopic (exact) mass is 425 g/mol. The van der Waals surface area contributed by atoms with E-state index in [0.29, 0.717) is 21.9 Å². The van der Waals surface area contributed by atoms with Crippen LogP contribution in [0.1, 0.15) is 25.7 Å². The second-order valence-corrected chi connectivity index (χ2v) is 5.90. The molecule has 0 aromatic rings. The lowest BCUT2D eigenvalue weighted by atomic mass is 9.93. The quantitative estimate of drug-likeness (QED) is 0.219. The molecule has 100 valence electrons. The zero-order valence-electron chi connectivity index (χ0n) is 10.2. The number of rotatable bonds is 7. The maximum Gasteiger partial charge on any atom is 0.116 e. The van der Waals surface area contributed by atoms with Gasteiger partial charge in [-0.15, -0.1) is 0 Å². The molecule has 1 saturated carbocycles. The van der Waals surface area contributed by atoms with Crippen LogP contribution in [0.15, 0.2) is 15.3 Å². The Bertz CT molecular complexity index is 387. The van der Waals surface area contributed by atoms with E-state index in [1.807, 2.05) is 22.6 Å². The van der Waals surface area contributed by atoms with Gasteiger partial charge >= 0.3 is 0 Å². The molecule has 1 aliphatic carbocycles. The highest BCUT2D eigenvalue weighted by Gasteiger charge is 2.18. The summed E-state index contributed by atoms with van der Waals surface area (Å²) in [5.74, 6) is 0. The summed E-state index contributed by atoms with van der Waals surface area (Å²) < 4.78 is 1.22. The first kappa shape index (κ1) is 15.6. The Labute approximate surface area is 129 Å². The second-order valence-electron chi connectivity index (χ2n) is 4.03. The predicted molar refractivity (Wildman–Crippen MR) is 88.4 cm³/mol. The number of hydrogen-bond donors (Lipinski definition) is 4. The molecule has 0 aromatic carbocycles. The van der Waals surface area contributed by atoms with Crippen LogP contribution in [0.4, 0.5) is 0 Å². The molecule has 18 heavy (non-hydrogen) atoms. The van der Waals surface area contributed by atoms with Crippen molar-refractivity contribution in [3.63, 3.8) is 0 Å². The maximum absolute atomic E-state index is 7.64. The van der Waals surface area contributed by atoms with Gasteiger partial charge in [-0.2, -0.15) is 5.10 Å². The SMILES string of the molecule is CN/N=C(/C/C(C=N)=C(\Br)NC1CCC1)C(=N)I. The van der Waals surface area contributed by atoms with Crippen LogP contribution in [0.2, 0.25) is 0 Å². The Balaban J connectivity index is 2.74. The van der Waals surface area contributed by atoms with Gasteiger partial charge in [0.05, 0.1) is 10.3 Å². The first-order valence-electron chi connectivity index (χ1n) is 5.71. The zero-order chi connectivity index (χ0) is 13.5. The van der Waals surface area contributed by atoms with Gasteiger partial charge in [-0.25, -0.2) is 0 Å². The van der Waals surface area contributed by atoms with Gasteiger partial charge in [0.2, 0.25) is 0 Å². The molecule has 0 heterocycles. The molecule has 0 spiro atoms. The number of allylic oxidation sites excluding steroid dienone is 1. The van der Waals surface area contributed by atoms with Crippen molar-refractivity contribution in [3.8, 4) is 0 Å². The zero-order valence-corrected chi connectivity index (χ0v) is 13.9. The second kappa shape index (κ2) is 7.88. The molecule has 0 unspecified atom stereocenters. The van der Waals surface area contributed by atoms with Crippen molar-refractivity contribution in [2.24, 2.45) is 5.10 Å². The highest BCUT2D eigenvalue weighted by atomic mass is 127. The van der Waals surface area contributed by atoms with Gasteiger partial charge in [0.15, 0.2) is 0 Å². The third-order valence-electron chi connectivity index (χ3n) is 2.75. The van der Waals surface area contributed by atoms with E-state index in [1.54, 1.807) is 7.05 Å². The first-order chi connectivity index (χ1) is 8.58. The largest absolute Gasteiger partial charge is 0.376 e. The third-order valence-corrected chi connectivity index (χ3v) is 4.11. The predicted octanol–water partition coefficient (Wildman–Crippen LogP) is 2.76. The minimum absolute atomic E-state index is 0.380. The minimum Gasteiger partial charge on any atom is -0.376 e. The Kier molecular flexibility index (Phi) is 6.83. The van der Waals surface area contributed by atoms with Crippen molar-refractivity contribution in [3.05, 3.63) is 10.2 Å². The molecule has 7 heteroatoms. The Hall–Kier alpha value is -0.440. The van der Waals surface area contributed by atoms with Gasteiger partial charge in [0.1, 0.15) is 3.72 Å². The van der Waals surface area contributed by atoms with Crippen LogP contribution in [-0.2, 0) is 0 Å². The summed E-state index contributed by atoms with van der Waals surface area (Å²) in [5.41, 5.74) is 4.12. The summed E-state index contributed by atoms with van der Waals surface area (Å²) in [5, 5.41) is 22.5. The molecule has 0 atom stereocenters. The highest BCUT2D eigenvalue weighted by Crippen LogP contribution is 2.22. The van der Waals surface area contributed by atoms with E-state index in [1.165, 1.54) is 25.5 Å². The molecule has 1 fully saturated rings. The van der Waals surface area contributed by atoms with Gasteiger partial charge in [-0.1, -0.05) is 0 Å². The number of nitrogens with zero attached hydrogens (tertiary/aromatic N) is 1. The fraction of sp³-hybridized carbons (Fsp3) is 0.545. The fourth-order valence-electron chi connectivity index (χ4n) is 1.50. The topological polar surface area (TPSA) is 84.1 Å². The van der Waals surface area contributed by atoms with Gasteiger partial charge in [-0.3, -0.25) is 5.41 Å². The molecule has 5 nitrogen and oxygen atoms in total. The van der Waals surface area contributed by atoms with Crippen LogP contribution in [0.25, 0.3) is 0 Å². The van der Waals surface area contributed by atoms with E-state index < -0.39 is 0 Å². The summed E-state index contributed by atoms with van der Waals surface area (Å²) in [6.45, 7) is 0. The summed E-state index contributed by atoms with van der Waals surface area (Å²) >= 11 is 5.40. The van der Waals surface area contributed by atoms with Crippen LogP contribution in [0.5, 0.6) is 0 Å². The van der Waals surface area contributed by atoms with Crippen molar-refractivity contribution >= 4 is 54.2 Å². The normalized spacial score (nSPS) is 17.6. The molecule has 0 radical (unpaired) electrons. The average molecular weight is 426 g/mol. The number of halogens is 2. The van der Waals surface area contributed by atoms with E-state index in [-0.39, 0.29) is 0 Å². The minimum atomic E-state index is 0.380. The van der Waals surface area contributed by atoms with Crippen molar-refractivity contribution < 1.29 is 0 Å². The lowest BCUT2D eigenvalue weighted by Gasteiger charge is -2.27. The molecular weight excluding hydrogens is 409 g/mol. The third kappa shape index (κ3) is 4.68. The van der Waals surface area contributed by atoms with Crippen LogP contribution >= 0.6 is 38.5 Å². The summed E-state index contributed by atoms with van der Waals surface area (Å²) in [6, 6.07) is 0.512. The molecule has 0 bridgehead atoms. The van der Waals surface area contributed by atoms with Crippen LogP contribution in [0.3, 0.4) is 0 Å². The Morgan fingerprint density at radius 3 is 2.61 bits per heavy atom. The van der Waals surface area contributed by atoms with Crippen molar-refractivity contribution in [1.82, 2.24) is 10.7 Å². The molecule has 0 amide bonds. The van der Waals surface area contributed by atoms with Crippen LogP contribution < -0.4 is 10.7 Å². The summed E-state index contributed by atoms with van der Waals surface area (Å²) in [4.78, 5) is 0. The van der Waals surface area contributed by atoms with Crippen LogP contribution in [0, 0.1) is 10.8 Å². The molecule has 4 N–H and O–H groups in total. The summed E-state index contributed by atoms with van der Waals surface area (Å²) in [7, 11) is 1.70. The fourth-order valence-corrected chi connectivity index (χ4v) is 2.39. The van der Waals surface area contributed by atoms with E-state index in [9.17, 15) is 0 Å². The Morgan fingerprint density at radius 2 is 2.22 bits per heavy atom. The molecule has 0 aliphatic heterocycles. The van der Waals surface area contributed by atoms with Crippen molar-refractivity contribution in [2.45, 2.75) is 31.7 Å². The molecule has 1 rings (SSSR count). The molecule has 1 aliphatic rings. The van der Waals surface area contributed by atoms with E-state index >= 15 is 0 Å². The molecule has 0 saturated heterocycles. The van der Waals surface area contributed by atoms with Gasteiger partial charge in [0, 0.05) is 31.3 Å². The average Bonchev–Trinajstić information content (AvgIpc) is 2.28. The maximum atomic E-state index is 7.64. The highest BCUT2D eigenvalue weighted by molar-refractivity contribution is 14.1.